The molecule has 3 rings (SSSR count). The first-order valence-electron chi connectivity index (χ1n) is 9.50. The highest BCUT2D eigenvalue weighted by Crippen LogP contribution is 2.30. The molecule has 144 valence electrons. The van der Waals surface area contributed by atoms with E-state index in [4.69, 9.17) is 4.74 Å². The molecule has 6 heteroatoms. The Labute approximate surface area is 155 Å². The Bertz CT molecular complexity index is 655. The molecular formula is C20H30FN3O2. The van der Waals surface area contributed by atoms with Gasteiger partial charge in [-0.15, -0.1) is 0 Å². The summed E-state index contributed by atoms with van der Waals surface area (Å²) < 4.78 is 20.0. The highest BCUT2D eigenvalue weighted by molar-refractivity contribution is 5.68. The zero-order valence-corrected chi connectivity index (χ0v) is 16.2. The quantitative estimate of drug-likeness (QED) is 0.869. The molecule has 1 atom stereocenters. The standard InChI is InChI=1S/C20H30FN3O2/c1-20(2,3)26-19(25)23(4)16-10-11-24(13-16)18-9-8-15(12-17(18)21)22-14-6-5-7-14/h8-9,12,14,16,22H,5-7,10-11,13H2,1-4H3/t16-/m1/s1. The summed E-state index contributed by atoms with van der Waals surface area (Å²) in [6.45, 7) is 6.91. The third-order valence-electron chi connectivity index (χ3n) is 5.16. The van der Waals surface area contributed by atoms with Crippen molar-refractivity contribution in [1.29, 1.82) is 0 Å². The van der Waals surface area contributed by atoms with Crippen LogP contribution < -0.4 is 10.2 Å². The molecule has 2 fully saturated rings. The fraction of sp³-hybridized carbons (Fsp3) is 0.650. The largest absolute Gasteiger partial charge is 0.444 e. The molecule has 1 aliphatic heterocycles. The second-order valence-electron chi connectivity index (χ2n) is 8.42. The zero-order valence-electron chi connectivity index (χ0n) is 16.2. The van der Waals surface area contributed by atoms with Gasteiger partial charge in [0.25, 0.3) is 0 Å². The number of rotatable bonds is 4. The molecule has 1 saturated carbocycles. The molecule has 0 spiro atoms. The van der Waals surface area contributed by atoms with Crippen molar-refractivity contribution in [2.45, 2.75) is 64.1 Å². The minimum Gasteiger partial charge on any atom is -0.444 e. The van der Waals surface area contributed by atoms with Crippen molar-refractivity contribution in [3.63, 3.8) is 0 Å². The van der Waals surface area contributed by atoms with Crippen LogP contribution in [0.3, 0.4) is 0 Å². The number of amides is 1. The maximum atomic E-state index is 14.6. The van der Waals surface area contributed by atoms with Crippen LogP contribution >= 0.6 is 0 Å². The molecule has 1 amide bonds. The van der Waals surface area contributed by atoms with E-state index in [1.54, 1.807) is 18.0 Å². The highest BCUT2D eigenvalue weighted by Gasteiger charge is 2.32. The molecule has 0 unspecified atom stereocenters. The smallest absolute Gasteiger partial charge is 0.410 e. The van der Waals surface area contributed by atoms with E-state index < -0.39 is 5.60 Å². The van der Waals surface area contributed by atoms with Crippen molar-refractivity contribution in [2.24, 2.45) is 0 Å². The minimum atomic E-state index is -0.515. The molecular weight excluding hydrogens is 333 g/mol. The molecule has 26 heavy (non-hydrogen) atoms. The molecule has 1 N–H and O–H groups in total. The minimum absolute atomic E-state index is 0.0250. The van der Waals surface area contributed by atoms with Crippen LogP contribution in [-0.4, -0.2) is 48.8 Å². The molecule has 1 aliphatic carbocycles. The van der Waals surface area contributed by atoms with Gasteiger partial charge in [-0.25, -0.2) is 9.18 Å². The molecule has 0 radical (unpaired) electrons. The van der Waals surface area contributed by atoms with E-state index in [0.29, 0.717) is 18.3 Å². The average molecular weight is 363 g/mol. The predicted octanol–water partition coefficient (Wildman–Crippen LogP) is 4.24. The average Bonchev–Trinajstić information content (AvgIpc) is 2.98. The van der Waals surface area contributed by atoms with Gasteiger partial charge in [-0.1, -0.05) is 0 Å². The predicted molar refractivity (Wildman–Crippen MR) is 102 cm³/mol. The number of halogens is 1. The van der Waals surface area contributed by atoms with Gasteiger partial charge >= 0.3 is 6.09 Å². The number of nitrogens with zero attached hydrogens (tertiary/aromatic N) is 2. The van der Waals surface area contributed by atoms with Gasteiger partial charge in [-0.3, -0.25) is 0 Å². The van der Waals surface area contributed by atoms with Crippen molar-refractivity contribution < 1.29 is 13.9 Å². The summed E-state index contributed by atoms with van der Waals surface area (Å²) in [4.78, 5) is 15.9. The van der Waals surface area contributed by atoms with Crippen molar-refractivity contribution in [2.75, 3.05) is 30.4 Å². The van der Waals surface area contributed by atoms with Gasteiger partial charge < -0.3 is 19.9 Å². The maximum absolute atomic E-state index is 14.6. The monoisotopic (exact) mass is 363 g/mol. The summed E-state index contributed by atoms with van der Waals surface area (Å²) in [5, 5.41) is 3.37. The summed E-state index contributed by atoms with van der Waals surface area (Å²) >= 11 is 0. The molecule has 1 saturated heterocycles. The number of carbonyl (C=O) groups excluding carboxylic acids is 1. The zero-order chi connectivity index (χ0) is 18.9. The third kappa shape index (κ3) is 4.40. The number of hydrogen-bond donors (Lipinski definition) is 1. The van der Waals surface area contributed by atoms with Crippen LogP contribution in [0.25, 0.3) is 0 Å². The van der Waals surface area contributed by atoms with Crippen LogP contribution in [0, 0.1) is 5.82 Å². The van der Waals surface area contributed by atoms with Crippen LogP contribution in [-0.2, 0) is 4.74 Å². The molecule has 1 heterocycles. The number of likely N-dealkylation sites (N-methyl/N-ethyl adjacent to an activating group) is 1. The second kappa shape index (κ2) is 7.33. The number of hydrogen-bond acceptors (Lipinski definition) is 4. The van der Waals surface area contributed by atoms with Gasteiger partial charge in [0.15, 0.2) is 0 Å². The van der Waals surface area contributed by atoms with Crippen LogP contribution in [0.5, 0.6) is 0 Å². The van der Waals surface area contributed by atoms with Crippen LogP contribution in [0.1, 0.15) is 46.5 Å². The third-order valence-corrected chi connectivity index (χ3v) is 5.16. The van der Waals surface area contributed by atoms with Crippen LogP contribution in [0.4, 0.5) is 20.6 Å². The van der Waals surface area contributed by atoms with Gasteiger partial charge in [0.1, 0.15) is 11.4 Å². The van der Waals surface area contributed by atoms with Gasteiger partial charge in [-0.05, 0) is 64.7 Å². The van der Waals surface area contributed by atoms with E-state index in [1.807, 2.05) is 37.8 Å². The first kappa shape index (κ1) is 18.8. The van der Waals surface area contributed by atoms with Crippen LogP contribution in [0.2, 0.25) is 0 Å². The molecule has 5 nitrogen and oxygen atoms in total. The van der Waals surface area contributed by atoms with Gasteiger partial charge in [-0.2, -0.15) is 0 Å². The lowest BCUT2D eigenvalue weighted by atomic mass is 9.93. The molecule has 1 aromatic rings. The summed E-state index contributed by atoms with van der Waals surface area (Å²) in [7, 11) is 1.75. The highest BCUT2D eigenvalue weighted by atomic mass is 19.1. The SMILES string of the molecule is CN(C(=O)OC(C)(C)C)[C@@H]1CCN(c2ccc(NC3CCC3)cc2F)C1. The maximum Gasteiger partial charge on any atom is 0.410 e. The first-order valence-corrected chi connectivity index (χ1v) is 9.50. The number of anilines is 2. The molecule has 2 aliphatic rings. The van der Waals surface area contributed by atoms with Crippen molar-refractivity contribution in [3.8, 4) is 0 Å². The van der Waals surface area contributed by atoms with E-state index in [1.165, 1.54) is 6.42 Å². The van der Waals surface area contributed by atoms with Crippen molar-refractivity contribution >= 4 is 17.5 Å². The Morgan fingerprint density at radius 3 is 2.62 bits per heavy atom. The molecule has 1 aromatic carbocycles. The lowest BCUT2D eigenvalue weighted by Crippen LogP contribution is -2.42. The number of benzene rings is 1. The summed E-state index contributed by atoms with van der Waals surface area (Å²) in [5.41, 5.74) is 0.931. The number of carbonyl (C=O) groups is 1. The Kier molecular flexibility index (Phi) is 5.30. The first-order chi connectivity index (χ1) is 12.2. The van der Waals surface area contributed by atoms with E-state index in [9.17, 15) is 9.18 Å². The fourth-order valence-corrected chi connectivity index (χ4v) is 3.40. The summed E-state index contributed by atoms with van der Waals surface area (Å²) in [5.74, 6) is -0.213. The Morgan fingerprint density at radius 1 is 1.31 bits per heavy atom. The Balaban J connectivity index is 1.60. The topological polar surface area (TPSA) is 44.8 Å². The number of nitrogens with one attached hydrogen (secondary N) is 1. The Hall–Kier alpha value is -1.98. The van der Waals surface area contributed by atoms with E-state index in [0.717, 1.165) is 31.5 Å². The molecule has 0 aromatic heterocycles. The summed E-state index contributed by atoms with van der Waals surface area (Å²) in [6, 6.07) is 5.88. The van der Waals surface area contributed by atoms with E-state index in [2.05, 4.69) is 5.32 Å². The molecule has 0 bridgehead atoms. The Morgan fingerprint density at radius 2 is 2.04 bits per heavy atom. The fourth-order valence-electron chi connectivity index (χ4n) is 3.40. The van der Waals surface area contributed by atoms with Gasteiger partial charge in [0.05, 0.1) is 11.7 Å². The van der Waals surface area contributed by atoms with Crippen molar-refractivity contribution in [1.82, 2.24) is 4.90 Å². The second-order valence-corrected chi connectivity index (χ2v) is 8.42. The van der Waals surface area contributed by atoms with Crippen LogP contribution in [0.15, 0.2) is 18.2 Å². The van der Waals surface area contributed by atoms with Crippen molar-refractivity contribution in [3.05, 3.63) is 24.0 Å². The number of ether oxygens (including phenoxy) is 1. The summed E-state index contributed by atoms with van der Waals surface area (Å²) in [6.07, 6.45) is 4.04. The van der Waals surface area contributed by atoms with E-state index >= 15 is 0 Å². The van der Waals surface area contributed by atoms with Gasteiger partial charge in [0.2, 0.25) is 0 Å². The van der Waals surface area contributed by atoms with E-state index in [-0.39, 0.29) is 18.0 Å². The van der Waals surface area contributed by atoms with Gasteiger partial charge in [0, 0.05) is 31.9 Å². The lowest BCUT2D eigenvalue weighted by Gasteiger charge is -2.29. The normalized spacial score (nSPS) is 20.7. The lowest BCUT2D eigenvalue weighted by molar-refractivity contribution is 0.0238.